The Morgan fingerprint density at radius 3 is 2.68 bits per heavy atom. The second kappa shape index (κ2) is 5.92. The van der Waals surface area contributed by atoms with Crippen LogP contribution in [0.5, 0.6) is 5.75 Å². The second-order valence-corrected chi connectivity index (χ2v) is 3.96. The van der Waals surface area contributed by atoms with Crippen LogP contribution in [0.1, 0.15) is 18.9 Å². The Kier molecular flexibility index (Phi) is 4.04. The van der Waals surface area contributed by atoms with Crippen molar-refractivity contribution in [1.29, 1.82) is 0 Å². The third-order valence-corrected chi connectivity index (χ3v) is 2.66. The van der Waals surface area contributed by atoms with Gasteiger partial charge in [-0.15, -0.1) is 0 Å². The van der Waals surface area contributed by atoms with Crippen LogP contribution in [0, 0.1) is 11.8 Å². The lowest BCUT2D eigenvalue weighted by atomic mass is 10.0. The zero-order chi connectivity index (χ0) is 13.7. The van der Waals surface area contributed by atoms with Crippen LogP contribution < -0.4 is 0 Å². The number of rotatable bonds is 2. The fraction of sp³-hybridized carbons (Fsp3) is 0.188. The number of carbonyl (C=O) groups excluding carboxylic acids is 1. The average Bonchev–Trinajstić information content (AvgIpc) is 2.42. The van der Waals surface area contributed by atoms with Crippen LogP contribution in [-0.2, 0) is 9.53 Å². The molecule has 0 fully saturated rings. The molecule has 0 radical (unpaired) electrons. The molecule has 0 heterocycles. The standard InChI is InChI=1S/C16H14O3/c1-2-19-16(18)9-5-6-12-10-11-15(17)14-8-4-3-7-13(12)14/h3-4,7-8,10-11,17H,2,9H2,1H3. The number of phenols is 1. The number of fused-ring (bicyclic) bond motifs is 1. The van der Waals surface area contributed by atoms with E-state index in [1.807, 2.05) is 24.3 Å². The van der Waals surface area contributed by atoms with Gasteiger partial charge in [-0.2, -0.15) is 0 Å². The van der Waals surface area contributed by atoms with Gasteiger partial charge in [0.15, 0.2) is 0 Å². The van der Waals surface area contributed by atoms with Gasteiger partial charge >= 0.3 is 5.97 Å². The summed E-state index contributed by atoms with van der Waals surface area (Å²) >= 11 is 0. The number of benzene rings is 2. The molecular weight excluding hydrogens is 240 g/mol. The summed E-state index contributed by atoms with van der Waals surface area (Å²) in [6, 6.07) is 10.8. The SMILES string of the molecule is CCOC(=O)CC#Cc1ccc(O)c2ccccc12. The maximum atomic E-state index is 11.2. The van der Waals surface area contributed by atoms with Crippen LogP contribution in [-0.4, -0.2) is 17.7 Å². The van der Waals surface area contributed by atoms with Crippen LogP contribution in [0.15, 0.2) is 36.4 Å². The predicted octanol–water partition coefficient (Wildman–Crippen LogP) is 2.85. The summed E-state index contributed by atoms with van der Waals surface area (Å²) in [6.45, 7) is 2.13. The molecule has 0 bridgehead atoms. The molecule has 0 atom stereocenters. The van der Waals surface area contributed by atoms with E-state index < -0.39 is 0 Å². The first-order chi connectivity index (χ1) is 9.22. The Bertz CT molecular complexity index is 662. The fourth-order valence-electron chi connectivity index (χ4n) is 1.82. The normalized spacial score (nSPS) is 9.74. The minimum atomic E-state index is -0.321. The van der Waals surface area contributed by atoms with Crippen molar-refractivity contribution in [3.63, 3.8) is 0 Å². The van der Waals surface area contributed by atoms with E-state index >= 15 is 0 Å². The molecule has 2 rings (SSSR count). The molecule has 0 saturated carbocycles. The molecule has 0 aliphatic carbocycles. The Hall–Kier alpha value is -2.47. The lowest BCUT2D eigenvalue weighted by molar-refractivity contribution is -0.141. The summed E-state index contributed by atoms with van der Waals surface area (Å²) in [5, 5.41) is 11.4. The van der Waals surface area contributed by atoms with Gasteiger partial charge in [0.1, 0.15) is 12.2 Å². The van der Waals surface area contributed by atoms with Crippen LogP contribution in [0.4, 0.5) is 0 Å². The van der Waals surface area contributed by atoms with Gasteiger partial charge in [-0.1, -0.05) is 36.1 Å². The summed E-state index contributed by atoms with van der Waals surface area (Å²) < 4.78 is 4.80. The third-order valence-electron chi connectivity index (χ3n) is 2.66. The molecule has 3 heteroatoms. The highest BCUT2D eigenvalue weighted by atomic mass is 16.5. The van der Waals surface area contributed by atoms with Crippen molar-refractivity contribution >= 4 is 16.7 Å². The molecule has 0 saturated heterocycles. The maximum absolute atomic E-state index is 11.2. The molecule has 2 aromatic rings. The van der Waals surface area contributed by atoms with E-state index in [9.17, 15) is 9.90 Å². The summed E-state index contributed by atoms with van der Waals surface area (Å²) in [7, 11) is 0. The number of aromatic hydroxyl groups is 1. The summed E-state index contributed by atoms with van der Waals surface area (Å²) in [4.78, 5) is 11.2. The van der Waals surface area contributed by atoms with E-state index in [4.69, 9.17) is 4.74 Å². The zero-order valence-electron chi connectivity index (χ0n) is 10.6. The molecule has 1 N–H and O–H groups in total. The molecule has 3 nitrogen and oxygen atoms in total. The quantitative estimate of drug-likeness (QED) is 0.662. The molecule has 2 aromatic carbocycles. The number of hydrogen-bond acceptors (Lipinski definition) is 3. The van der Waals surface area contributed by atoms with Crippen LogP contribution in [0.2, 0.25) is 0 Å². The molecule has 19 heavy (non-hydrogen) atoms. The molecule has 0 amide bonds. The van der Waals surface area contributed by atoms with Crippen molar-refractivity contribution < 1.29 is 14.6 Å². The summed E-state index contributed by atoms with van der Waals surface area (Å²) in [5.74, 6) is 5.64. The van der Waals surface area contributed by atoms with E-state index in [1.165, 1.54) is 0 Å². The van der Waals surface area contributed by atoms with Gasteiger partial charge in [0.25, 0.3) is 0 Å². The highest BCUT2D eigenvalue weighted by Crippen LogP contribution is 2.26. The van der Waals surface area contributed by atoms with E-state index in [0.717, 1.165) is 16.3 Å². The molecule has 0 aromatic heterocycles. The van der Waals surface area contributed by atoms with Gasteiger partial charge in [0, 0.05) is 16.3 Å². The lowest BCUT2D eigenvalue weighted by Crippen LogP contribution is -2.01. The average molecular weight is 254 g/mol. The van der Waals surface area contributed by atoms with Crippen molar-refractivity contribution in [3.8, 4) is 17.6 Å². The van der Waals surface area contributed by atoms with Gasteiger partial charge in [-0.3, -0.25) is 4.79 Å². The molecule has 0 unspecified atom stereocenters. The topological polar surface area (TPSA) is 46.5 Å². The Balaban J connectivity index is 2.29. The number of phenolic OH excluding ortho intramolecular Hbond substituents is 1. The van der Waals surface area contributed by atoms with Crippen molar-refractivity contribution in [1.82, 2.24) is 0 Å². The van der Waals surface area contributed by atoms with Crippen molar-refractivity contribution in [2.45, 2.75) is 13.3 Å². The van der Waals surface area contributed by atoms with Crippen molar-refractivity contribution in [2.24, 2.45) is 0 Å². The predicted molar refractivity (Wildman–Crippen MR) is 73.7 cm³/mol. The molecule has 0 aliphatic heterocycles. The second-order valence-electron chi connectivity index (χ2n) is 3.96. The van der Waals surface area contributed by atoms with E-state index in [1.54, 1.807) is 19.1 Å². The van der Waals surface area contributed by atoms with E-state index in [-0.39, 0.29) is 18.1 Å². The van der Waals surface area contributed by atoms with Crippen LogP contribution in [0.25, 0.3) is 10.8 Å². The van der Waals surface area contributed by atoms with Crippen molar-refractivity contribution in [3.05, 3.63) is 42.0 Å². The van der Waals surface area contributed by atoms with Gasteiger partial charge < -0.3 is 9.84 Å². The van der Waals surface area contributed by atoms with E-state index in [2.05, 4.69) is 11.8 Å². The summed E-state index contributed by atoms with van der Waals surface area (Å²) in [5.41, 5.74) is 0.790. The fourth-order valence-corrected chi connectivity index (χ4v) is 1.82. The first-order valence-corrected chi connectivity index (χ1v) is 6.07. The first-order valence-electron chi connectivity index (χ1n) is 6.07. The third kappa shape index (κ3) is 3.05. The minimum Gasteiger partial charge on any atom is -0.507 e. The largest absolute Gasteiger partial charge is 0.507 e. The van der Waals surface area contributed by atoms with Gasteiger partial charge in [0.2, 0.25) is 0 Å². The smallest absolute Gasteiger partial charge is 0.317 e. The maximum Gasteiger partial charge on any atom is 0.317 e. The van der Waals surface area contributed by atoms with Crippen LogP contribution >= 0.6 is 0 Å². The van der Waals surface area contributed by atoms with Gasteiger partial charge in [0.05, 0.1) is 6.61 Å². The highest BCUT2D eigenvalue weighted by Gasteiger charge is 2.02. The Morgan fingerprint density at radius 1 is 1.21 bits per heavy atom. The zero-order valence-corrected chi connectivity index (χ0v) is 10.6. The highest BCUT2D eigenvalue weighted by molar-refractivity contribution is 5.92. The molecule has 0 aliphatic rings. The minimum absolute atomic E-state index is 0.0725. The first kappa shape index (κ1) is 13.0. The number of hydrogen-bond donors (Lipinski definition) is 1. The monoisotopic (exact) mass is 254 g/mol. The lowest BCUT2D eigenvalue weighted by Gasteiger charge is -2.02. The summed E-state index contributed by atoms with van der Waals surface area (Å²) in [6.07, 6.45) is 0.0725. The molecule has 0 spiro atoms. The number of ether oxygens (including phenoxy) is 1. The van der Waals surface area contributed by atoms with Crippen LogP contribution in [0.3, 0.4) is 0 Å². The van der Waals surface area contributed by atoms with Gasteiger partial charge in [-0.05, 0) is 19.1 Å². The molecule has 96 valence electrons. The van der Waals surface area contributed by atoms with Crippen molar-refractivity contribution in [2.75, 3.05) is 6.61 Å². The van der Waals surface area contributed by atoms with E-state index in [0.29, 0.717) is 6.61 Å². The number of esters is 1. The number of carbonyl (C=O) groups is 1. The molecular formula is C16H14O3. The van der Waals surface area contributed by atoms with Gasteiger partial charge in [-0.25, -0.2) is 0 Å². The Morgan fingerprint density at radius 2 is 1.95 bits per heavy atom. The Labute approximate surface area is 111 Å².